The van der Waals surface area contributed by atoms with Crippen LogP contribution in [0.25, 0.3) is 11.1 Å². The minimum Gasteiger partial charge on any atom is -0.367 e. The molecule has 0 bridgehead atoms. The Morgan fingerprint density at radius 2 is 1.64 bits per heavy atom. The molecule has 0 saturated carbocycles. The van der Waals surface area contributed by atoms with Gasteiger partial charge in [0.2, 0.25) is 15.9 Å². The average molecular weight is 473 g/mol. The van der Waals surface area contributed by atoms with Crippen molar-refractivity contribution in [1.29, 1.82) is 0 Å². The zero-order chi connectivity index (χ0) is 23.6. The normalized spacial score (nSPS) is 18.2. The van der Waals surface area contributed by atoms with Crippen molar-refractivity contribution in [2.45, 2.75) is 11.3 Å². The van der Waals surface area contributed by atoms with Gasteiger partial charge in [-0.15, -0.1) is 0 Å². The largest absolute Gasteiger partial charge is 0.367 e. The van der Waals surface area contributed by atoms with Gasteiger partial charge in [-0.3, -0.25) is 4.79 Å². The Hall–Kier alpha value is -2.75. The van der Waals surface area contributed by atoms with Gasteiger partial charge in [-0.1, -0.05) is 24.3 Å². The van der Waals surface area contributed by atoms with Crippen molar-refractivity contribution >= 4 is 21.6 Å². The molecule has 0 aromatic heterocycles. The summed E-state index contributed by atoms with van der Waals surface area (Å²) in [5, 5.41) is 2.56. The second-order valence-corrected chi connectivity index (χ2v) is 10.3. The molecule has 2 heterocycles. The van der Waals surface area contributed by atoms with Crippen LogP contribution in [0.15, 0.2) is 59.0 Å². The van der Waals surface area contributed by atoms with Crippen LogP contribution in [0.3, 0.4) is 0 Å². The van der Waals surface area contributed by atoms with Gasteiger partial charge in [0.05, 0.1) is 10.6 Å². The van der Waals surface area contributed by atoms with Gasteiger partial charge in [0, 0.05) is 51.9 Å². The Labute approximate surface area is 194 Å². The average Bonchev–Trinajstić information content (AvgIpc) is 2.84. The number of hydrogen-bond donors (Lipinski definition) is 1. The van der Waals surface area contributed by atoms with Crippen molar-refractivity contribution in [1.82, 2.24) is 14.5 Å². The number of benzene rings is 2. The van der Waals surface area contributed by atoms with Crippen LogP contribution in [-0.4, -0.2) is 76.9 Å². The zero-order valence-electron chi connectivity index (χ0n) is 18.9. The van der Waals surface area contributed by atoms with Crippen molar-refractivity contribution < 1.29 is 17.6 Å². The molecule has 1 N–H and O–H groups in total. The van der Waals surface area contributed by atoms with Crippen molar-refractivity contribution in [2.75, 3.05) is 58.3 Å². The summed E-state index contributed by atoms with van der Waals surface area (Å²) in [5.41, 5.74) is 2.64. The SMILES string of the molecule is CNC(=O)C1=CCN(S(=O)(=O)c2ccc(-c3ccc(N4CCN(C)CC4)c(F)c3)cc2)CC1. The van der Waals surface area contributed by atoms with Gasteiger partial charge in [-0.05, 0) is 48.9 Å². The number of anilines is 1. The second-order valence-electron chi connectivity index (χ2n) is 8.40. The third-order valence-corrected chi connectivity index (χ3v) is 8.19. The highest BCUT2D eigenvalue weighted by Crippen LogP contribution is 2.29. The minimum absolute atomic E-state index is 0.159. The number of piperazine rings is 1. The Morgan fingerprint density at radius 3 is 2.21 bits per heavy atom. The maximum absolute atomic E-state index is 14.9. The van der Waals surface area contributed by atoms with E-state index in [2.05, 4.69) is 22.2 Å². The Bertz CT molecular complexity index is 1160. The Kier molecular flexibility index (Phi) is 6.83. The number of nitrogens with zero attached hydrogens (tertiary/aromatic N) is 3. The van der Waals surface area contributed by atoms with E-state index in [1.807, 2.05) is 6.07 Å². The fourth-order valence-corrected chi connectivity index (χ4v) is 5.57. The summed E-state index contributed by atoms with van der Waals surface area (Å²) in [6.07, 6.45) is 2.02. The maximum Gasteiger partial charge on any atom is 0.246 e. The summed E-state index contributed by atoms with van der Waals surface area (Å²) in [6.45, 7) is 3.79. The summed E-state index contributed by atoms with van der Waals surface area (Å²) < 4.78 is 42.2. The van der Waals surface area contributed by atoms with Gasteiger partial charge in [0.15, 0.2) is 0 Å². The molecule has 33 heavy (non-hydrogen) atoms. The number of carbonyl (C=O) groups excluding carboxylic acids is 1. The van der Waals surface area contributed by atoms with Crippen LogP contribution in [0.5, 0.6) is 0 Å². The van der Waals surface area contributed by atoms with Gasteiger partial charge in [0.25, 0.3) is 0 Å². The molecule has 0 radical (unpaired) electrons. The van der Waals surface area contributed by atoms with Crippen LogP contribution >= 0.6 is 0 Å². The molecule has 2 aromatic rings. The molecule has 9 heteroatoms. The lowest BCUT2D eigenvalue weighted by Gasteiger charge is -2.34. The van der Waals surface area contributed by atoms with E-state index in [9.17, 15) is 17.6 Å². The number of nitrogens with one attached hydrogen (secondary N) is 1. The molecule has 1 saturated heterocycles. The molecule has 2 aromatic carbocycles. The summed E-state index contributed by atoms with van der Waals surface area (Å²) in [7, 11) is -0.0629. The number of rotatable bonds is 5. The quantitative estimate of drug-likeness (QED) is 0.723. The molecule has 2 aliphatic heterocycles. The highest BCUT2D eigenvalue weighted by molar-refractivity contribution is 7.89. The number of amides is 1. The second kappa shape index (κ2) is 9.62. The third kappa shape index (κ3) is 4.95. The Morgan fingerprint density at radius 1 is 0.970 bits per heavy atom. The van der Waals surface area contributed by atoms with Crippen molar-refractivity contribution in [3.63, 3.8) is 0 Å². The van der Waals surface area contributed by atoms with Crippen LogP contribution in [0.2, 0.25) is 0 Å². The topological polar surface area (TPSA) is 73.0 Å². The van der Waals surface area contributed by atoms with Crippen LogP contribution in [-0.2, 0) is 14.8 Å². The van der Waals surface area contributed by atoms with Crippen LogP contribution in [0, 0.1) is 5.82 Å². The first-order chi connectivity index (χ1) is 15.8. The van der Waals surface area contributed by atoms with Crippen molar-refractivity contribution in [2.24, 2.45) is 0 Å². The first-order valence-corrected chi connectivity index (χ1v) is 12.5. The molecule has 2 aliphatic rings. The lowest BCUT2D eigenvalue weighted by Crippen LogP contribution is -2.44. The number of halogens is 1. The van der Waals surface area contributed by atoms with E-state index in [0.717, 1.165) is 31.7 Å². The maximum atomic E-state index is 14.9. The summed E-state index contributed by atoms with van der Waals surface area (Å²) >= 11 is 0. The van der Waals surface area contributed by atoms with E-state index in [1.54, 1.807) is 43.5 Å². The van der Waals surface area contributed by atoms with Gasteiger partial charge in [-0.25, -0.2) is 12.8 Å². The first kappa shape index (κ1) is 23.4. The fourth-order valence-electron chi connectivity index (χ4n) is 4.19. The highest BCUT2D eigenvalue weighted by atomic mass is 32.2. The lowest BCUT2D eigenvalue weighted by atomic mass is 10.0. The van der Waals surface area contributed by atoms with Gasteiger partial charge < -0.3 is 15.1 Å². The number of likely N-dealkylation sites (N-methyl/N-ethyl adjacent to an activating group) is 2. The molecule has 0 unspecified atom stereocenters. The number of carbonyl (C=O) groups is 1. The summed E-state index contributed by atoms with van der Waals surface area (Å²) in [5.74, 6) is -0.456. The molecule has 176 valence electrons. The molecule has 7 nitrogen and oxygen atoms in total. The van der Waals surface area contributed by atoms with E-state index < -0.39 is 10.0 Å². The molecule has 0 spiro atoms. The molecule has 1 fully saturated rings. The number of hydrogen-bond acceptors (Lipinski definition) is 5. The molecule has 0 aliphatic carbocycles. The summed E-state index contributed by atoms with van der Waals surface area (Å²) in [4.78, 5) is 16.2. The summed E-state index contributed by atoms with van der Waals surface area (Å²) in [6, 6.07) is 11.7. The van der Waals surface area contributed by atoms with Crippen molar-refractivity contribution in [3.8, 4) is 11.1 Å². The molecule has 0 atom stereocenters. The predicted octanol–water partition coefficient (Wildman–Crippen LogP) is 2.31. The number of sulfonamides is 1. The van der Waals surface area contributed by atoms with E-state index in [1.165, 1.54) is 10.4 Å². The van der Waals surface area contributed by atoms with Gasteiger partial charge >= 0.3 is 0 Å². The van der Waals surface area contributed by atoms with Gasteiger partial charge in [-0.2, -0.15) is 4.31 Å². The van der Waals surface area contributed by atoms with Crippen LogP contribution in [0.4, 0.5) is 10.1 Å². The monoisotopic (exact) mass is 472 g/mol. The predicted molar refractivity (Wildman–Crippen MR) is 127 cm³/mol. The smallest absolute Gasteiger partial charge is 0.246 e. The van der Waals surface area contributed by atoms with E-state index >= 15 is 0 Å². The third-order valence-electron chi connectivity index (χ3n) is 6.31. The van der Waals surface area contributed by atoms with Crippen LogP contribution < -0.4 is 10.2 Å². The molecular formula is C24H29FN4O3S. The Balaban J connectivity index is 1.48. The van der Waals surface area contributed by atoms with Crippen LogP contribution in [0.1, 0.15) is 6.42 Å². The van der Waals surface area contributed by atoms with Gasteiger partial charge in [0.1, 0.15) is 5.82 Å². The minimum atomic E-state index is -3.68. The van der Waals surface area contributed by atoms with Crippen molar-refractivity contribution in [3.05, 3.63) is 59.9 Å². The van der Waals surface area contributed by atoms with E-state index in [-0.39, 0.29) is 29.7 Å². The van der Waals surface area contributed by atoms with E-state index in [4.69, 9.17) is 0 Å². The highest BCUT2D eigenvalue weighted by Gasteiger charge is 2.27. The van der Waals surface area contributed by atoms with E-state index in [0.29, 0.717) is 23.2 Å². The molecular weight excluding hydrogens is 443 g/mol. The zero-order valence-corrected chi connectivity index (χ0v) is 19.7. The molecule has 4 rings (SSSR count). The molecule has 1 amide bonds. The fraction of sp³-hybridized carbons (Fsp3) is 0.375. The standard InChI is InChI=1S/C24H29FN4O3S/c1-26-24(30)19-9-11-29(12-10-19)33(31,32)21-6-3-18(4-7-21)20-5-8-23(22(25)17-20)28-15-13-27(2)14-16-28/h3-9,17H,10-16H2,1-2H3,(H,26,30). The lowest BCUT2D eigenvalue weighted by molar-refractivity contribution is -0.117. The first-order valence-electron chi connectivity index (χ1n) is 11.0.